The summed E-state index contributed by atoms with van der Waals surface area (Å²) >= 11 is 6.14. The van der Waals surface area contributed by atoms with Gasteiger partial charge in [-0.3, -0.25) is 9.59 Å². The highest BCUT2D eigenvalue weighted by Crippen LogP contribution is 2.19. The van der Waals surface area contributed by atoms with Crippen molar-refractivity contribution in [3.8, 4) is 0 Å². The van der Waals surface area contributed by atoms with Gasteiger partial charge >= 0.3 is 0 Å². The number of hydrogen-bond acceptors (Lipinski definition) is 2. The highest BCUT2D eigenvalue weighted by atomic mass is 35.5. The predicted octanol–water partition coefficient (Wildman–Crippen LogP) is 5.06. The van der Waals surface area contributed by atoms with Crippen molar-refractivity contribution in [3.05, 3.63) is 70.2 Å². The van der Waals surface area contributed by atoms with Crippen LogP contribution in [-0.4, -0.2) is 28.8 Å². The molecule has 1 saturated carbocycles. The molecule has 1 atom stereocenters. The molecule has 0 saturated heterocycles. The van der Waals surface area contributed by atoms with Crippen molar-refractivity contribution < 1.29 is 9.59 Å². The summed E-state index contributed by atoms with van der Waals surface area (Å²) < 4.78 is 0. The van der Waals surface area contributed by atoms with Gasteiger partial charge in [0.05, 0.1) is 6.42 Å². The van der Waals surface area contributed by atoms with Crippen LogP contribution in [-0.2, 0) is 22.6 Å². The second-order valence-corrected chi connectivity index (χ2v) is 8.77. The minimum absolute atomic E-state index is 0.0631. The summed E-state index contributed by atoms with van der Waals surface area (Å²) in [4.78, 5) is 27.9. The van der Waals surface area contributed by atoms with Gasteiger partial charge in [0.2, 0.25) is 11.8 Å². The van der Waals surface area contributed by atoms with Crippen LogP contribution in [0, 0.1) is 6.92 Å². The molecule has 4 nitrogen and oxygen atoms in total. The first-order valence-corrected chi connectivity index (χ1v) is 11.2. The van der Waals surface area contributed by atoms with Crippen molar-refractivity contribution in [1.29, 1.82) is 0 Å². The molecule has 1 aliphatic carbocycles. The lowest BCUT2D eigenvalue weighted by Crippen LogP contribution is -2.50. The molecule has 0 radical (unpaired) electrons. The molecule has 1 aliphatic rings. The van der Waals surface area contributed by atoms with E-state index in [4.69, 9.17) is 11.6 Å². The second-order valence-electron chi connectivity index (χ2n) is 8.34. The van der Waals surface area contributed by atoms with Crippen molar-refractivity contribution in [1.82, 2.24) is 10.2 Å². The van der Waals surface area contributed by atoms with Crippen LogP contribution in [0.15, 0.2) is 48.5 Å². The van der Waals surface area contributed by atoms with Crippen LogP contribution in [0.3, 0.4) is 0 Å². The number of halogens is 1. The van der Waals surface area contributed by atoms with Gasteiger partial charge in [-0.2, -0.15) is 0 Å². The zero-order chi connectivity index (χ0) is 21.5. The van der Waals surface area contributed by atoms with Crippen LogP contribution >= 0.6 is 11.6 Å². The molecule has 2 aromatic carbocycles. The van der Waals surface area contributed by atoms with Crippen LogP contribution < -0.4 is 5.32 Å². The number of benzene rings is 2. The van der Waals surface area contributed by atoms with Crippen LogP contribution in [0.5, 0.6) is 0 Å². The average molecular weight is 427 g/mol. The molecule has 2 amide bonds. The molecule has 0 bridgehead atoms. The van der Waals surface area contributed by atoms with Crippen molar-refractivity contribution >= 4 is 23.4 Å². The van der Waals surface area contributed by atoms with E-state index in [9.17, 15) is 9.59 Å². The number of amides is 2. The number of rotatable bonds is 7. The average Bonchev–Trinajstić information content (AvgIpc) is 2.72. The highest BCUT2D eigenvalue weighted by Gasteiger charge is 2.28. The molecule has 1 unspecified atom stereocenters. The van der Waals surface area contributed by atoms with Crippen molar-refractivity contribution in [2.75, 3.05) is 0 Å². The van der Waals surface area contributed by atoms with Crippen LogP contribution in [0.4, 0.5) is 0 Å². The first kappa shape index (κ1) is 22.4. The third-order valence-corrected chi connectivity index (χ3v) is 6.03. The Hall–Kier alpha value is -2.33. The number of hydrogen-bond donors (Lipinski definition) is 1. The standard InChI is InChI=1S/C25H31ClN2O2/c1-18-8-6-9-20(14-18)16-24(29)28(17-21-10-7-11-22(26)15-21)19(2)25(30)27-23-12-4-3-5-13-23/h6-11,14-15,19,23H,3-5,12-13,16-17H2,1-2H3,(H,27,30). The molecular weight excluding hydrogens is 396 g/mol. The summed E-state index contributed by atoms with van der Waals surface area (Å²) in [6.45, 7) is 4.18. The fourth-order valence-electron chi connectivity index (χ4n) is 4.08. The topological polar surface area (TPSA) is 49.4 Å². The van der Waals surface area contributed by atoms with E-state index in [1.54, 1.807) is 4.90 Å². The zero-order valence-electron chi connectivity index (χ0n) is 17.9. The van der Waals surface area contributed by atoms with Gasteiger partial charge in [0, 0.05) is 17.6 Å². The van der Waals surface area contributed by atoms with E-state index >= 15 is 0 Å². The number of carbonyl (C=O) groups is 2. The van der Waals surface area contributed by atoms with Crippen molar-refractivity contribution in [3.63, 3.8) is 0 Å². The summed E-state index contributed by atoms with van der Waals surface area (Å²) in [7, 11) is 0. The maximum absolute atomic E-state index is 13.3. The van der Waals surface area contributed by atoms with E-state index < -0.39 is 6.04 Å². The van der Waals surface area contributed by atoms with E-state index in [0.29, 0.717) is 11.6 Å². The maximum Gasteiger partial charge on any atom is 0.242 e. The number of nitrogens with one attached hydrogen (secondary N) is 1. The van der Waals surface area contributed by atoms with Gasteiger partial charge in [0.25, 0.3) is 0 Å². The molecule has 1 N–H and O–H groups in total. The fourth-order valence-corrected chi connectivity index (χ4v) is 4.29. The van der Waals surface area contributed by atoms with Crippen LogP contribution in [0.1, 0.15) is 55.7 Å². The zero-order valence-corrected chi connectivity index (χ0v) is 18.6. The summed E-state index contributed by atoms with van der Waals surface area (Å²) in [5.74, 6) is -0.145. The fraction of sp³-hybridized carbons (Fsp3) is 0.440. The third kappa shape index (κ3) is 6.33. The number of aryl methyl sites for hydroxylation is 1. The van der Waals surface area contributed by atoms with Crippen LogP contribution in [0.2, 0.25) is 5.02 Å². The van der Waals surface area contributed by atoms with Crippen molar-refractivity contribution in [2.24, 2.45) is 0 Å². The van der Waals surface area contributed by atoms with Gasteiger partial charge in [-0.1, -0.05) is 72.8 Å². The summed E-state index contributed by atoms with van der Waals surface area (Å²) in [5.41, 5.74) is 2.98. The lowest BCUT2D eigenvalue weighted by molar-refractivity contribution is -0.140. The SMILES string of the molecule is Cc1cccc(CC(=O)N(Cc2cccc(Cl)c2)C(C)C(=O)NC2CCCCC2)c1. The normalized spacial score (nSPS) is 15.4. The Labute approximate surface area is 184 Å². The Balaban J connectivity index is 1.76. The number of carbonyl (C=O) groups excluding carboxylic acids is 2. The molecule has 2 aromatic rings. The Morgan fingerprint density at radius 3 is 2.47 bits per heavy atom. The predicted molar refractivity (Wildman–Crippen MR) is 121 cm³/mol. The molecule has 0 aromatic heterocycles. The third-order valence-electron chi connectivity index (χ3n) is 5.80. The van der Waals surface area contributed by atoms with E-state index in [1.165, 1.54) is 6.42 Å². The quantitative estimate of drug-likeness (QED) is 0.672. The Bertz CT molecular complexity index is 877. The van der Waals surface area contributed by atoms with Gasteiger partial charge in [-0.25, -0.2) is 0 Å². The van der Waals surface area contributed by atoms with Gasteiger partial charge < -0.3 is 10.2 Å². The smallest absolute Gasteiger partial charge is 0.242 e. The van der Waals surface area contributed by atoms with Gasteiger partial charge in [0.1, 0.15) is 6.04 Å². The lowest BCUT2D eigenvalue weighted by atomic mass is 9.95. The molecule has 0 spiro atoms. The lowest BCUT2D eigenvalue weighted by Gasteiger charge is -2.31. The van der Waals surface area contributed by atoms with E-state index in [-0.39, 0.29) is 24.3 Å². The van der Waals surface area contributed by atoms with Gasteiger partial charge in [-0.15, -0.1) is 0 Å². The number of nitrogens with zero attached hydrogens (tertiary/aromatic N) is 1. The van der Waals surface area contributed by atoms with E-state index in [2.05, 4.69) is 5.32 Å². The minimum atomic E-state index is -0.553. The molecular formula is C25H31ClN2O2. The minimum Gasteiger partial charge on any atom is -0.352 e. The Morgan fingerprint density at radius 1 is 1.07 bits per heavy atom. The molecule has 160 valence electrons. The molecule has 0 heterocycles. The maximum atomic E-state index is 13.3. The second kappa shape index (κ2) is 10.6. The monoisotopic (exact) mass is 426 g/mol. The first-order chi connectivity index (χ1) is 14.4. The Kier molecular flexibility index (Phi) is 7.92. The van der Waals surface area contributed by atoms with E-state index in [0.717, 1.165) is 42.4 Å². The molecule has 0 aliphatic heterocycles. The summed E-state index contributed by atoms with van der Waals surface area (Å²) in [5, 5.41) is 3.79. The van der Waals surface area contributed by atoms with Crippen molar-refractivity contribution in [2.45, 2.75) is 71.0 Å². The van der Waals surface area contributed by atoms with Crippen LogP contribution in [0.25, 0.3) is 0 Å². The highest BCUT2D eigenvalue weighted by molar-refractivity contribution is 6.30. The molecule has 5 heteroatoms. The summed E-state index contributed by atoms with van der Waals surface area (Å²) in [6.07, 6.45) is 5.84. The molecule has 30 heavy (non-hydrogen) atoms. The summed E-state index contributed by atoms with van der Waals surface area (Å²) in [6, 6.07) is 15.1. The molecule has 1 fully saturated rings. The van der Waals surface area contributed by atoms with Gasteiger partial charge in [0.15, 0.2) is 0 Å². The first-order valence-electron chi connectivity index (χ1n) is 10.8. The molecule has 3 rings (SSSR count). The van der Waals surface area contributed by atoms with Gasteiger partial charge in [-0.05, 0) is 49.9 Å². The largest absolute Gasteiger partial charge is 0.352 e. The van der Waals surface area contributed by atoms with E-state index in [1.807, 2.05) is 62.4 Å². The Morgan fingerprint density at radius 2 is 1.77 bits per heavy atom.